The van der Waals surface area contributed by atoms with Crippen molar-refractivity contribution in [3.8, 4) is 0 Å². The number of nitrogens with zero attached hydrogens (tertiary/aromatic N) is 2. The van der Waals surface area contributed by atoms with Gasteiger partial charge in [-0.05, 0) is 28.0 Å². The average Bonchev–Trinajstić information content (AvgIpc) is 2.90. The highest BCUT2D eigenvalue weighted by atomic mass is 35.5. The van der Waals surface area contributed by atoms with Gasteiger partial charge in [0.25, 0.3) is 0 Å². The first-order valence-corrected chi connectivity index (χ1v) is 9.24. The lowest BCUT2D eigenvalue weighted by Gasteiger charge is -2.13. The maximum absolute atomic E-state index is 6.58. The van der Waals surface area contributed by atoms with Gasteiger partial charge in [-0.25, -0.2) is 9.48 Å². The SMILES string of the molecule is ClC1C(Cl)[N+](Cc2ccc3ccccc3c2)=CN1Cc1ccccc1. The van der Waals surface area contributed by atoms with Gasteiger partial charge < -0.3 is 0 Å². The molecule has 0 aliphatic carbocycles. The molecular formula is C21H19Cl2N2+. The fraction of sp³-hybridized carbons (Fsp3) is 0.190. The van der Waals surface area contributed by atoms with Gasteiger partial charge in [0.15, 0.2) is 0 Å². The average molecular weight is 370 g/mol. The first-order chi connectivity index (χ1) is 12.2. The van der Waals surface area contributed by atoms with Crippen molar-refractivity contribution in [3.05, 3.63) is 83.9 Å². The Hall–Kier alpha value is -2.03. The van der Waals surface area contributed by atoms with Crippen LogP contribution in [-0.4, -0.2) is 26.8 Å². The molecule has 0 radical (unpaired) electrons. The summed E-state index contributed by atoms with van der Waals surface area (Å²) in [6, 6.07) is 25.2. The molecule has 126 valence electrons. The molecule has 2 unspecified atom stereocenters. The number of hydrogen-bond acceptors (Lipinski definition) is 1. The molecular weight excluding hydrogens is 351 g/mol. The molecule has 0 aromatic heterocycles. The van der Waals surface area contributed by atoms with E-state index in [2.05, 4.69) is 70.4 Å². The largest absolute Gasteiger partial charge is 0.242 e. The summed E-state index contributed by atoms with van der Waals surface area (Å²) in [5.41, 5.74) is 1.95. The Balaban J connectivity index is 1.55. The number of fused-ring (bicyclic) bond motifs is 1. The monoisotopic (exact) mass is 369 g/mol. The summed E-state index contributed by atoms with van der Waals surface area (Å²) in [7, 11) is 0. The molecule has 4 rings (SSSR count). The molecule has 1 aliphatic rings. The van der Waals surface area contributed by atoms with Crippen LogP contribution in [0.5, 0.6) is 0 Å². The summed E-state index contributed by atoms with van der Waals surface area (Å²) in [6.45, 7) is 1.50. The van der Waals surface area contributed by atoms with E-state index in [0.29, 0.717) is 0 Å². The molecule has 1 aliphatic heterocycles. The van der Waals surface area contributed by atoms with E-state index in [1.807, 2.05) is 18.2 Å². The zero-order valence-electron chi connectivity index (χ0n) is 13.7. The van der Waals surface area contributed by atoms with Crippen LogP contribution in [0.2, 0.25) is 0 Å². The second kappa shape index (κ2) is 7.07. The Labute approximate surface area is 157 Å². The van der Waals surface area contributed by atoms with E-state index in [0.717, 1.165) is 13.1 Å². The molecule has 3 aromatic rings. The smallest absolute Gasteiger partial charge is 0.237 e. The number of hydrogen-bond donors (Lipinski definition) is 0. The second-order valence-electron chi connectivity index (χ2n) is 6.37. The van der Waals surface area contributed by atoms with Crippen LogP contribution in [0.1, 0.15) is 11.1 Å². The third kappa shape index (κ3) is 3.51. The zero-order valence-corrected chi connectivity index (χ0v) is 15.2. The minimum absolute atomic E-state index is 0.248. The van der Waals surface area contributed by atoms with Crippen LogP contribution in [0.15, 0.2) is 72.8 Å². The maximum Gasteiger partial charge on any atom is 0.237 e. The fourth-order valence-electron chi connectivity index (χ4n) is 3.23. The third-order valence-electron chi connectivity index (χ3n) is 4.54. The third-order valence-corrected chi connectivity index (χ3v) is 5.65. The predicted octanol–water partition coefficient (Wildman–Crippen LogP) is 5.03. The lowest BCUT2D eigenvalue weighted by molar-refractivity contribution is -0.548. The Bertz CT molecular complexity index is 908. The minimum atomic E-state index is -0.253. The van der Waals surface area contributed by atoms with Crippen LogP contribution < -0.4 is 0 Å². The quantitative estimate of drug-likeness (QED) is 0.355. The highest BCUT2D eigenvalue weighted by Crippen LogP contribution is 2.25. The van der Waals surface area contributed by atoms with Crippen molar-refractivity contribution in [3.63, 3.8) is 0 Å². The van der Waals surface area contributed by atoms with Crippen LogP contribution in [0.25, 0.3) is 10.8 Å². The topological polar surface area (TPSA) is 6.25 Å². The first-order valence-electron chi connectivity index (χ1n) is 8.37. The fourth-order valence-corrected chi connectivity index (χ4v) is 3.76. The molecule has 1 heterocycles. The van der Waals surface area contributed by atoms with Gasteiger partial charge in [-0.3, -0.25) is 0 Å². The highest BCUT2D eigenvalue weighted by molar-refractivity contribution is 6.29. The highest BCUT2D eigenvalue weighted by Gasteiger charge is 2.39. The van der Waals surface area contributed by atoms with Gasteiger partial charge in [-0.1, -0.05) is 89.9 Å². The summed E-state index contributed by atoms with van der Waals surface area (Å²) in [5, 5.41) is 2.49. The summed E-state index contributed by atoms with van der Waals surface area (Å²) >= 11 is 13.1. The van der Waals surface area contributed by atoms with E-state index in [1.165, 1.54) is 21.9 Å². The number of halogens is 2. The molecule has 0 fully saturated rings. The van der Waals surface area contributed by atoms with Crippen LogP contribution in [0.3, 0.4) is 0 Å². The second-order valence-corrected chi connectivity index (χ2v) is 7.27. The van der Waals surface area contributed by atoms with Gasteiger partial charge in [0.05, 0.1) is 0 Å². The molecule has 25 heavy (non-hydrogen) atoms. The van der Waals surface area contributed by atoms with Gasteiger partial charge in [-0.2, -0.15) is 0 Å². The molecule has 3 aromatic carbocycles. The summed E-state index contributed by atoms with van der Waals surface area (Å²) in [5.74, 6) is 0. The Morgan fingerprint density at radius 3 is 2.32 bits per heavy atom. The summed E-state index contributed by atoms with van der Waals surface area (Å²) in [6.07, 6.45) is 2.05. The van der Waals surface area contributed by atoms with Crippen LogP contribution in [0, 0.1) is 0 Å². The Morgan fingerprint density at radius 1 is 0.800 bits per heavy atom. The van der Waals surface area contributed by atoms with E-state index < -0.39 is 0 Å². The van der Waals surface area contributed by atoms with E-state index in [9.17, 15) is 0 Å². The summed E-state index contributed by atoms with van der Waals surface area (Å²) < 4.78 is 2.10. The van der Waals surface area contributed by atoms with Gasteiger partial charge in [0.2, 0.25) is 17.3 Å². The van der Waals surface area contributed by atoms with Crippen molar-refractivity contribution < 1.29 is 4.58 Å². The standard InChI is InChI=1S/C21H19Cl2N2/c22-20-21(23)25(15-24(20)13-16-6-2-1-3-7-16)14-17-10-11-18-8-4-5-9-19(18)12-17/h1-12,15,20-21H,13-14H2/q+1. The number of rotatable bonds is 4. The van der Waals surface area contributed by atoms with Crippen LogP contribution in [-0.2, 0) is 13.1 Å². The van der Waals surface area contributed by atoms with Crippen LogP contribution in [0.4, 0.5) is 0 Å². The van der Waals surface area contributed by atoms with Gasteiger partial charge in [-0.15, -0.1) is 0 Å². The van der Waals surface area contributed by atoms with E-state index in [-0.39, 0.29) is 11.0 Å². The lowest BCUT2D eigenvalue weighted by atomic mass is 10.1. The van der Waals surface area contributed by atoms with Crippen molar-refractivity contribution in [2.45, 2.75) is 24.1 Å². The molecule has 0 amide bonds. The van der Waals surface area contributed by atoms with E-state index in [1.54, 1.807) is 0 Å². The van der Waals surface area contributed by atoms with Crippen molar-refractivity contribution in [1.82, 2.24) is 4.90 Å². The molecule has 4 heteroatoms. The Morgan fingerprint density at radius 2 is 1.52 bits per heavy atom. The summed E-state index contributed by atoms with van der Waals surface area (Å²) in [4.78, 5) is 2.09. The molecule has 0 bridgehead atoms. The predicted molar refractivity (Wildman–Crippen MR) is 105 cm³/mol. The van der Waals surface area contributed by atoms with Crippen molar-refractivity contribution in [1.29, 1.82) is 0 Å². The zero-order chi connectivity index (χ0) is 17.2. The Kier molecular flexibility index (Phi) is 4.65. The van der Waals surface area contributed by atoms with Gasteiger partial charge in [0.1, 0.15) is 13.1 Å². The molecule has 0 saturated carbocycles. The molecule has 2 atom stereocenters. The van der Waals surface area contributed by atoms with Crippen LogP contribution >= 0.6 is 23.2 Å². The van der Waals surface area contributed by atoms with Crippen molar-refractivity contribution >= 4 is 40.3 Å². The van der Waals surface area contributed by atoms with E-state index >= 15 is 0 Å². The normalized spacial score (nSPS) is 20.1. The van der Waals surface area contributed by atoms with E-state index in [4.69, 9.17) is 23.2 Å². The van der Waals surface area contributed by atoms with Crippen molar-refractivity contribution in [2.75, 3.05) is 0 Å². The molecule has 2 nitrogen and oxygen atoms in total. The van der Waals surface area contributed by atoms with Crippen molar-refractivity contribution in [2.24, 2.45) is 0 Å². The molecule has 0 saturated heterocycles. The first kappa shape index (κ1) is 16.4. The minimum Gasteiger partial charge on any atom is -0.242 e. The van der Waals surface area contributed by atoms with Gasteiger partial charge >= 0.3 is 0 Å². The molecule has 0 N–H and O–H groups in total. The van der Waals surface area contributed by atoms with Gasteiger partial charge in [0, 0.05) is 0 Å². The number of benzene rings is 3. The maximum atomic E-state index is 6.58. The lowest BCUT2D eigenvalue weighted by Crippen LogP contribution is -2.30. The molecule has 0 spiro atoms. The number of alkyl halides is 2.